The van der Waals surface area contributed by atoms with Gasteiger partial charge in [0.15, 0.2) is 5.16 Å². The van der Waals surface area contributed by atoms with Gasteiger partial charge in [0, 0.05) is 9.37 Å². The molecule has 0 unspecified atom stereocenters. The minimum Gasteiger partial charge on any atom is -0.464 e. The van der Waals surface area contributed by atoms with Crippen molar-refractivity contribution in [3.05, 3.63) is 34.0 Å². The average Bonchev–Trinajstić information content (AvgIpc) is 2.32. The molecule has 0 aliphatic heterocycles. The van der Waals surface area contributed by atoms with Crippen molar-refractivity contribution < 1.29 is 4.74 Å². The second kappa shape index (κ2) is 6.36. The van der Waals surface area contributed by atoms with Gasteiger partial charge >= 0.3 is 6.01 Å². The lowest BCUT2D eigenvalue weighted by Gasteiger charge is -2.05. The Balaban J connectivity index is 2.26. The van der Waals surface area contributed by atoms with Gasteiger partial charge in [-0.15, -0.1) is 0 Å². The zero-order valence-corrected chi connectivity index (χ0v) is 12.6. The molecule has 18 heavy (non-hydrogen) atoms. The zero-order chi connectivity index (χ0) is 13.0. The molecule has 0 radical (unpaired) electrons. The van der Waals surface area contributed by atoms with Gasteiger partial charge in [-0.1, -0.05) is 12.1 Å². The molecule has 1 aromatic carbocycles. The third kappa shape index (κ3) is 3.57. The van der Waals surface area contributed by atoms with Crippen LogP contribution in [-0.4, -0.2) is 21.6 Å². The van der Waals surface area contributed by atoms with Crippen LogP contribution in [0.5, 0.6) is 6.01 Å². The second-order valence-electron chi connectivity index (χ2n) is 3.14. The van der Waals surface area contributed by atoms with E-state index in [-0.39, 0.29) is 11.3 Å². The van der Waals surface area contributed by atoms with E-state index in [1.54, 1.807) is 0 Å². The number of halogens is 2. The van der Waals surface area contributed by atoms with Crippen molar-refractivity contribution >= 4 is 39.3 Å². The number of rotatable bonds is 4. The van der Waals surface area contributed by atoms with Crippen LogP contribution in [0.1, 0.15) is 6.92 Å². The van der Waals surface area contributed by atoms with Crippen molar-refractivity contribution in [3.8, 4) is 6.01 Å². The van der Waals surface area contributed by atoms with Crippen molar-refractivity contribution in [1.29, 1.82) is 0 Å². The van der Waals surface area contributed by atoms with Gasteiger partial charge in [-0.05, 0) is 58.3 Å². The first kappa shape index (κ1) is 13.6. The lowest BCUT2D eigenvalue weighted by atomic mass is 10.4. The molecule has 1 aromatic heterocycles. The van der Waals surface area contributed by atoms with Crippen LogP contribution < -0.4 is 4.74 Å². The van der Waals surface area contributed by atoms with Gasteiger partial charge in [-0.3, -0.25) is 0 Å². The molecule has 0 amide bonds. The largest absolute Gasteiger partial charge is 0.464 e. The van der Waals surface area contributed by atoms with Gasteiger partial charge in [-0.25, -0.2) is 0 Å². The number of nitrogens with zero attached hydrogens (tertiary/aromatic N) is 3. The van der Waals surface area contributed by atoms with E-state index in [1.165, 1.54) is 11.8 Å². The summed E-state index contributed by atoms with van der Waals surface area (Å²) in [6, 6.07) is 8.05. The topological polar surface area (TPSA) is 47.9 Å². The van der Waals surface area contributed by atoms with E-state index in [2.05, 4.69) is 30.9 Å². The molecule has 2 aromatic rings. The summed E-state index contributed by atoms with van der Waals surface area (Å²) in [4.78, 5) is 13.1. The Labute approximate surface area is 122 Å². The molecule has 2 rings (SSSR count). The molecule has 0 saturated carbocycles. The van der Waals surface area contributed by atoms with E-state index in [0.29, 0.717) is 11.8 Å². The van der Waals surface area contributed by atoms with Gasteiger partial charge < -0.3 is 4.74 Å². The third-order valence-corrected chi connectivity index (χ3v) is 3.94. The van der Waals surface area contributed by atoms with Gasteiger partial charge in [0.05, 0.1) is 6.61 Å². The van der Waals surface area contributed by atoms with Crippen LogP contribution in [0.15, 0.2) is 38.8 Å². The van der Waals surface area contributed by atoms with Crippen molar-refractivity contribution in [2.45, 2.75) is 17.0 Å². The first-order chi connectivity index (χ1) is 8.69. The zero-order valence-electron chi connectivity index (χ0n) is 9.43. The highest BCUT2D eigenvalue weighted by Crippen LogP contribution is 2.32. The predicted octanol–water partition coefficient (Wildman–Crippen LogP) is 3.84. The van der Waals surface area contributed by atoms with Crippen molar-refractivity contribution in [2.24, 2.45) is 0 Å². The number of hydrogen-bond donors (Lipinski definition) is 0. The molecule has 94 valence electrons. The molecule has 0 N–H and O–H groups in total. The van der Waals surface area contributed by atoms with Crippen LogP contribution in [0.25, 0.3) is 0 Å². The predicted molar refractivity (Wildman–Crippen MR) is 74.3 cm³/mol. The van der Waals surface area contributed by atoms with Crippen LogP contribution in [0.3, 0.4) is 0 Å². The number of ether oxygens (including phenoxy) is 1. The minimum absolute atomic E-state index is 0.128. The molecule has 4 nitrogen and oxygen atoms in total. The standard InChI is InChI=1S/C11H9BrClN3OS/c1-2-17-10-14-9(13)15-11(16-10)18-8-6-4-3-5-7(8)12/h3-6H,2H2,1H3. The lowest BCUT2D eigenvalue weighted by molar-refractivity contribution is 0.307. The monoisotopic (exact) mass is 345 g/mol. The van der Waals surface area contributed by atoms with Gasteiger partial charge in [0.25, 0.3) is 0 Å². The fourth-order valence-corrected chi connectivity index (χ4v) is 2.67. The molecule has 0 bridgehead atoms. The summed E-state index contributed by atoms with van der Waals surface area (Å²) in [7, 11) is 0. The van der Waals surface area contributed by atoms with E-state index >= 15 is 0 Å². The lowest BCUT2D eigenvalue weighted by Crippen LogP contribution is -2.00. The fraction of sp³-hybridized carbons (Fsp3) is 0.182. The third-order valence-electron chi connectivity index (χ3n) is 1.88. The molecule has 0 fully saturated rings. The molecule has 1 heterocycles. The van der Waals surface area contributed by atoms with E-state index in [1.807, 2.05) is 31.2 Å². The van der Waals surface area contributed by atoms with Crippen LogP contribution in [0, 0.1) is 0 Å². The van der Waals surface area contributed by atoms with Gasteiger partial charge in [0.1, 0.15) is 0 Å². The van der Waals surface area contributed by atoms with E-state index in [9.17, 15) is 0 Å². The Bertz CT molecular complexity index is 556. The highest BCUT2D eigenvalue weighted by atomic mass is 79.9. The molecule has 0 spiro atoms. The van der Waals surface area contributed by atoms with Crippen LogP contribution >= 0.6 is 39.3 Å². The Morgan fingerprint density at radius 3 is 2.78 bits per heavy atom. The normalized spacial score (nSPS) is 10.4. The van der Waals surface area contributed by atoms with Gasteiger partial charge in [0.2, 0.25) is 5.28 Å². The van der Waals surface area contributed by atoms with Crippen molar-refractivity contribution in [2.75, 3.05) is 6.61 Å². The molecule has 0 aliphatic rings. The summed E-state index contributed by atoms with van der Waals surface area (Å²) < 4.78 is 6.20. The number of benzene rings is 1. The molecule has 0 atom stereocenters. The summed E-state index contributed by atoms with van der Waals surface area (Å²) in [5.74, 6) is 0. The van der Waals surface area contributed by atoms with E-state index < -0.39 is 0 Å². The molecule has 7 heteroatoms. The molecular formula is C11H9BrClN3OS. The smallest absolute Gasteiger partial charge is 0.321 e. The fourth-order valence-electron chi connectivity index (χ4n) is 1.18. The SMILES string of the molecule is CCOc1nc(Cl)nc(Sc2ccccc2Br)n1. The summed E-state index contributed by atoms with van der Waals surface area (Å²) in [5, 5.41) is 0.633. The van der Waals surface area contributed by atoms with Crippen LogP contribution in [-0.2, 0) is 0 Å². The second-order valence-corrected chi connectivity index (χ2v) is 5.34. The van der Waals surface area contributed by atoms with Crippen LogP contribution in [0.2, 0.25) is 5.28 Å². The maximum Gasteiger partial charge on any atom is 0.321 e. The Morgan fingerprint density at radius 1 is 1.28 bits per heavy atom. The maximum atomic E-state index is 5.82. The quantitative estimate of drug-likeness (QED) is 0.842. The highest BCUT2D eigenvalue weighted by Gasteiger charge is 2.09. The van der Waals surface area contributed by atoms with Crippen LogP contribution in [0.4, 0.5) is 0 Å². The summed E-state index contributed by atoms with van der Waals surface area (Å²) in [6.45, 7) is 2.35. The Hall–Kier alpha value is -0.850. The maximum absolute atomic E-state index is 5.82. The van der Waals surface area contributed by atoms with E-state index in [4.69, 9.17) is 16.3 Å². The Kier molecular flexibility index (Phi) is 4.79. The Morgan fingerprint density at radius 2 is 2.06 bits per heavy atom. The molecular weight excluding hydrogens is 338 g/mol. The summed E-state index contributed by atoms with van der Waals surface area (Å²) in [6.07, 6.45) is 0. The highest BCUT2D eigenvalue weighted by molar-refractivity contribution is 9.10. The molecule has 0 aliphatic carbocycles. The van der Waals surface area contributed by atoms with Crippen molar-refractivity contribution in [1.82, 2.24) is 15.0 Å². The van der Waals surface area contributed by atoms with Crippen molar-refractivity contribution in [3.63, 3.8) is 0 Å². The first-order valence-electron chi connectivity index (χ1n) is 5.16. The summed E-state index contributed by atoms with van der Waals surface area (Å²) >= 11 is 10.7. The molecule has 0 saturated heterocycles. The first-order valence-corrected chi connectivity index (χ1v) is 7.14. The average molecular weight is 347 g/mol. The number of hydrogen-bond acceptors (Lipinski definition) is 5. The van der Waals surface area contributed by atoms with Gasteiger partial charge in [-0.2, -0.15) is 15.0 Å². The number of aromatic nitrogens is 3. The minimum atomic E-state index is 0.128. The summed E-state index contributed by atoms with van der Waals surface area (Å²) in [5.41, 5.74) is 0. The van der Waals surface area contributed by atoms with E-state index in [0.717, 1.165) is 9.37 Å².